The van der Waals surface area contributed by atoms with E-state index in [0.717, 1.165) is 19.9 Å². The molecular weight excluding hydrogens is 492 g/mol. The summed E-state index contributed by atoms with van der Waals surface area (Å²) in [6.45, 7) is 5.40. The lowest BCUT2D eigenvalue weighted by Crippen LogP contribution is -2.44. The number of amides is 2. The maximum Gasteiger partial charge on any atom is 0.417 e. The monoisotopic (exact) mass is 520 g/mol. The minimum atomic E-state index is -0.696. The molecule has 0 spiro atoms. The quantitative estimate of drug-likeness (QED) is 0.294. The smallest absolute Gasteiger partial charge is 0.417 e. The number of nitrogens with zero attached hydrogens (tertiary/aromatic N) is 2. The van der Waals surface area contributed by atoms with E-state index >= 15 is 0 Å². The number of hydrogen-bond donors (Lipinski definition) is 0. The van der Waals surface area contributed by atoms with Crippen LogP contribution in [0.25, 0.3) is 10.1 Å². The van der Waals surface area contributed by atoms with Gasteiger partial charge in [0, 0.05) is 16.0 Å². The van der Waals surface area contributed by atoms with E-state index < -0.39 is 17.7 Å². The SMILES string of the molecule is CC(C)(C)OC(=O)N1C(=O)CC[C@H]1COc1ccc(OC(=O)CCc2cc3cc(C#N)ccc3s2)cc1. The summed E-state index contributed by atoms with van der Waals surface area (Å²) >= 11 is 1.60. The fourth-order valence-corrected chi connectivity index (χ4v) is 5.00. The van der Waals surface area contributed by atoms with Crippen molar-refractivity contribution in [1.29, 1.82) is 5.26 Å². The minimum Gasteiger partial charge on any atom is -0.491 e. The van der Waals surface area contributed by atoms with E-state index in [1.807, 2.05) is 18.2 Å². The number of fused-ring (bicyclic) bond motifs is 1. The van der Waals surface area contributed by atoms with Crippen LogP contribution in [0.15, 0.2) is 48.5 Å². The van der Waals surface area contributed by atoms with E-state index in [1.54, 1.807) is 62.4 Å². The Bertz CT molecular complexity index is 1350. The molecule has 1 aliphatic heterocycles. The van der Waals surface area contributed by atoms with Crippen molar-refractivity contribution in [3.05, 3.63) is 59.0 Å². The molecule has 192 valence electrons. The molecule has 2 heterocycles. The van der Waals surface area contributed by atoms with Gasteiger partial charge >= 0.3 is 12.1 Å². The lowest BCUT2D eigenvalue weighted by Gasteiger charge is -2.27. The summed E-state index contributed by atoms with van der Waals surface area (Å²) < 4.78 is 17.7. The van der Waals surface area contributed by atoms with E-state index in [2.05, 4.69) is 6.07 Å². The fraction of sp³-hybridized carbons (Fsp3) is 0.357. The predicted molar refractivity (Wildman–Crippen MR) is 139 cm³/mol. The molecule has 0 aliphatic carbocycles. The molecule has 1 fully saturated rings. The van der Waals surface area contributed by atoms with Gasteiger partial charge in [0.1, 0.15) is 23.7 Å². The first-order valence-electron chi connectivity index (χ1n) is 12.0. The summed E-state index contributed by atoms with van der Waals surface area (Å²) in [7, 11) is 0. The highest BCUT2D eigenvalue weighted by molar-refractivity contribution is 7.19. The van der Waals surface area contributed by atoms with Gasteiger partial charge in [-0.15, -0.1) is 11.3 Å². The number of thiophene rings is 1. The van der Waals surface area contributed by atoms with Crippen LogP contribution >= 0.6 is 11.3 Å². The third kappa shape index (κ3) is 6.86. The van der Waals surface area contributed by atoms with Crippen LogP contribution in [0.2, 0.25) is 0 Å². The Hall–Kier alpha value is -3.90. The zero-order valence-electron chi connectivity index (χ0n) is 21.0. The van der Waals surface area contributed by atoms with Crippen LogP contribution in [0.5, 0.6) is 11.5 Å². The number of esters is 1. The second-order valence-corrected chi connectivity index (χ2v) is 10.9. The Labute approximate surface area is 219 Å². The topological polar surface area (TPSA) is 106 Å². The molecule has 0 bridgehead atoms. The molecular formula is C28H28N2O6S. The van der Waals surface area contributed by atoms with Crippen molar-refractivity contribution in [1.82, 2.24) is 4.90 Å². The van der Waals surface area contributed by atoms with Crippen molar-refractivity contribution in [2.45, 2.75) is 58.1 Å². The third-order valence-electron chi connectivity index (χ3n) is 5.69. The van der Waals surface area contributed by atoms with Gasteiger partial charge in [0.15, 0.2) is 0 Å². The zero-order valence-corrected chi connectivity index (χ0v) is 21.8. The normalized spacial score (nSPS) is 15.5. The highest BCUT2D eigenvalue weighted by Gasteiger charge is 2.38. The molecule has 2 amide bonds. The summed E-state index contributed by atoms with van der Waals surface area (Å²) in [5.41, 5.74) is -0.0840. The van der Waals surface area contributed by atoms with Crippen LogP contribution in [-0.2, 0) is 20.7 Å². The lowest BCUT2D eigenvalue weighted by molar-refractivity contribution is -0.134. The Kier molecular flexibility index (Phi) is 7.79. The van der Waals surface area contributed by atoms with Crippen molar-refractivity contribution >= 4 is 39.4 Å². The molecule has 0 N–H and O–H groups in total. The van der Waals surface area contributed by atoms with E-state index in [9.17, 15) is 14.4 Å². The van der Waals surface area contributed by atoms with Gasteiger partial charge in [-0.25, -0.2) is 9.69 Å². The molecule has 0 saturated carbocycles. The number of benzene rings is 2. The Morgan fingerprint density at radius 2 is 1.84 bits per heavy atom. The molecule has 2 aromatic carbocycles. The molecule has 0 unspecified atom stereocenters. The van der Waals surface area contributed by atoms with Crippen molar-refractivity contribution < 1.29 is 28.6 Å². The van der Waals surface area contributed by atoms with Gasteiger partial charge in [0.2, 0.25) is 5.91 Å². The standard InChI is InChI=1S/C28H28N2O6S/c1-28(2,3)36-27(33)30-20(5-12-25(30)31)17-34-21-6-8-22(9-7-21)35-26(32)13-10-23-15-19-14-18(16-29)4-11-24(19)37-23/h4,6-9,11,14-15,20H,5,10,12-13,17H2,1-3H3/t20-/m0/s1. The van der Waals surface area contributed by atoms with Crippen molar-refractivity contribution in [2.24, 2.45) is 0 Å². The average Bonchev–Trinajstić information content (AvgIpc) is 3.43. The fourth-order valence-electron chi connectivity index (χ4n) is 3.96. The first-order valence-corrected chi connectivity index (χ1v) is 12.8. The molecule has 1 aliphatic rings. The largest absolute Gasteiger partial charge is 0.491 e. The molecule has 1 atom stereocenters. The summed E-state index contributed by atoms with van der Waals surface area (Å²) in [5, 5.41) is 10.0. The number of likely N-dealkylation sites (tertiary alicyclic amines) is 1. The molecule has 3 aromatic rings. The molecule has 1 aromatic heterocycles. The Morgan fingerprint density at radius 1 is 1.11 bits per heavy atom. The van der Waals surface area contributed by atoms with E-state index in [4.69, 9.17) is 19.5 Å². The number of rotatable bonds is 7. The minimum absolute atomic E-state index is 0.148. The zero-order chi connectivity index (χ0) is 26.6. The van der Waals surface area contributed by atoms with Crippen LogP contribution < -0.4 is 9.47 Å². The molecule has 1 saturated heterocycles. The van der Waals surface area contributed by atoms with Crippen LogP contribution in [0.1, 0.15) is 50.5 Å². The Morgan fingerprint density at radius 3 is 2.54 bits per heavy atom. The van der Waals surface area contributed by atoms with E-state index in [1.165, 1.54) is 0 Å². The summed E-state index contributed by atoms with van der Waals surface area (Å²) in [6.07, 6.45) is 0.896. The van der Waals surface area contributed by atoms with Gasteiger partial charge in [-0.3, -0.25) is 9.59 Å². The maximum atomic E-state index is 12.4. The Balaban J connectivity index is 1.26. The van der Waals surface area contributed by atoms with Gasteiger partial charge in [0.25, 0.3) is 0 Å². The number of carbonyl (C=O) groups is 3. The summed E-state index contributed by atoms with van der Waals surface area (Å²) in [6, 6.07) is 15.9. The third-order valence-corrected chi connectivity index (χ3v) is 6.86. The second-order valence-electron chi connectivity index (χ2n) is 9.77. The van der Waals surface area contributed by atoms with E-state index in [0.29, 0.717) is 29.9 Å². The number of hydrogen-bond acceptors (Lipinski definition) is 8. The first-order chi connectivity index (χ1) is 17.6. The highest BCUT2D eigenvalue weighted by atomic mass is 32.1. The number of nitriles is 1. The maximum absolute atomic E-state index is 12.4. The van der Waals surface area contributed by atoms with E-state index in [-0.39, 0.29) is 31.3 Å². The predicted octanol–water partition coefficient (Wildman–Crippen LogP) is 5.62. The molecule has 8 nitrogen and oxygen atoms in total. The highest BCUT2D eigenvalue weighted by Crippen LogP contribution is 2.28. The molecule has 37 heavy (non-hydrogen) atoms. The van der Waals surface area contributed by atoms with Crippen LogP contribution in [0.4, 0.5) is 4.79 Å². The lowest BCUT2D eigenvalue weighted by atomic mass is 10.1. The number of aryl methyl sites for hydroxylation is 1. The van der Waals surface area contributed by atoms with Gasteiger partial charge in [0.05, 0.1) is 24.1 Å². The van der Waals surface area contributed by atoms with Crippen molar-refractivity contribution in [3.63, 3.8) is 0 Å². The summed E-state index contributed by atoms with van der Waals surface area (Å²) in [4.78, 5) is 39.2. The van der Waals surface area contributed by atoms with Gasteiger partial charge < -0.3 is 14.2 Å². The average molecular weight is 521 g/mol. The van der Waals surface area contributed by atoms with Crippen molar-refractivity contribution in [3.8, 4) is 17.6 Å². The van der Waals surface area contributed by atoms with Crippen LogP contribution in [0, 0.1) is 11.3 Å². The number of ether oxygens (including phenoxy) is 3. The number of imide groups is 1. The van der Waals surface area contributed by atoms with Crippen LogP contribution in [0.3, 0.4) is 0 Å². The van der Waals surface area contributed by atoms with Gasteiger partial charge in [-0.1, -0.05) is 0 Å². The van der Waals surface area contributed by atoms with Crippen molar-refractivity contribution in [2.75, 3.05) is 6.61 Å². The molecule has 0 radical (unpaired) electrons. The number of carbonyl (C=O) groups excluding carboxylic acids is 3. The molecule has 9 heteroatoms. The van der Waals surface area contributed by atoms with Crippen LogP contribution in [-0.4, -0.2) is 41.1 Å². The first kappa shape index (κ1) is 26.2. The molecule has 4 rings (SSSR count). The second kappa shape index (κ2) is 11.0. The van der Waals surface area contributed by atoms with Gasteiger partial charge in [-0.2, -0.15) is 5.26 Å². The summed E-state index contributed by atoms with van der Waals surface area (Å²) in [5.74, 6) is 0.318. The van der Waals surface area contributed by atoms with Gasteiger partial charge in [-0.05, 0) is 87.5 Å².